The Kier molecular flexibility index (Phi) is 5.79. The quantitative estimate of drug-likeness (QED) is 0.786. The maximum atomic E-state index is 5.26. The van der Waals surface area contributed by atoms with E-state index in [1.165, 1.54) is 12.8 Å². The standard InChI is InChI=1S/C14H27N5O/c1-11(20-3)6-7-13-16-14(18-17-13)19-8-4-5-12(10-19)9-15-2/h11-12,15H,4-10H2,1-3H3,(H,16,17,18). The molecular weight excluding hydrogens is 254 g/mol. The van der Waals surface area contributed by atoms with Crippen LogP contribution in [-0.2, 0) is 11.2 Å². The molecule has 2 atom stereocenters. The summed E-state index contributed by atoms with van der Waals surface area (Å²) in [5, 5.41) is 10.7. The topological polar surface area (TPSA) is 66.1 Å². The monoisotopic (exact) mass is 281 g/mol. The lowest BCUT2D eigenvalue weighted by molar-refractivity contribution is 0.111. The van der Waals surface area contributed by atoms with Gasteiger partial charge in [0, 0.05) is 26.6 Å². The molecule has 20 heavy (non-hydrogen) atoms. The van der Waals surface area contributed by atoms with Crippen molar-refractivity contribution in [2.24, 2.45) is 5.92 Å². The van der Waals surface area contributed by atoms with Gasteiger partial charge in [0.1, 0.15) is 5.82 Å². The SMILES string of the molecule is CNCC1CCCN(c2n[nH]c(CCC(C)OC)n2)C1. The van der Waals surface area contributed by atoms with Crippen molar-refractivity contribution in [3.63, 3.8) is 0 Å². The number of piperidine rings is 1. The number of nitrogens with zero attached hydrogens (tertiary/aromatic N) is 3. The predicted molar refractivity (Wildman–Crippen MR) is 80.0 cm³/mol. The van der Waals surface area contributed by atoms with Crippen molar-refractivity contribution in [3.05, 3.63) is 5.82 Å². The molecule has 6 nitrogen and oxygen atoms in total. The van der Waals surface area contributed by atoms with Gasteiger partial charge < -0.3 is 15.0 Å². The van der Waals surface area contributed by atoms with E-state index in [9.17, 15) is 0 Å². The van der Waals surface area contributed by atoms with Crippen LogP contribution in [0.15, 0.2) is 0 Å². The summed E-state index contributed by atoms with van der Waals surface area (Å²) in [5.41, 5.74) is 0. The Morgan fingerprint density at radius 2 is 2.40 bits per heavy atom. The Hall–Kier alpha value is -1.14. The minimum Gasteiger partial charge on any atom is -0.382 e. The molecule has 1 aliphatic rings. The Labute approximate surface area is 121 Å². The largest absolute Gasteiger partial charge is 0.382 e. The second-order valence-corrected chi connectivity index (χ2v) is 5.68. The molecule has 1 saturated heterocycles. The van der Waals surface area contributed by atoms with E-state index in [4.69, 9.17) is 4.74 Å². The normalized spacial score (nSPS) is 21.1. The van der Waals surface area contributed by atoms with Gasteiger partial charge in [-0.2, -0.15) is 4.98 Å². The van der Waals surface area contributed by atoms with Gasteiger partial charge in [-0.3, -0.25) is 5.10 Å². The number of aromatic amines is 1. The Morgan fingerprint density at radius 1 is 1.55 bits per heavy atom. The van der Waals surface area contributed by atoms with Crippen molar-refractivity contribution in [3.8, 4) is 0 Å². The van der Waals surface area contributed by atoms with Gasteiger partial charge >= 0.3 is 0 Å². The number of nitrogens with one attached hydrogen (secondary N) is 2. The van der Waals surface area contributed by atoms with Gasteiger partial charge in [0.2, 0.25) is 5.95 Å². The molecule has 0 bridgehead atoms. The molecule has 1 aromatic heterocycles. The van der Waals surface area contributed by atoms with Crippen molar-refractivity contribution in [1.82, 2.24) is 20.5 Å². The van der Waals surface area contributed by atoms with Crippen LogP contribution in [0.25, 0.3) is 0 Å². The molecule has 0 aromatic carbocycles. The molecule has 0 aliphatic carbocycles. The van der Waals surface area contributed by atoms with Crippen LogP contribution >= 0.6 is 0 Å². The molecule has 0 saturated carbocycles. The summed E-state index contributed by atoms with van der Waals surface area (Å²) >= 11 is 0. The van der Waals surface area contributed by atoms with Crippen LogP contribution < -0.4 is 10.2 Å². The number of hydrogen-bond donors (Lipinski definition) is 2. The Morgan fingerprint density at radius 3 is 3.15 bits per heavy atom. The zero-order chi connectivity index (χ0) is 14.4. The van der Waals surface area contributed by atoms with Crippen molar-refractivity contribution in [2.45, 2.75) is 38.7 Å². The van der Waals surface area contributed by atoms with Crippen LogP contribution in [0.4, 0.5) is 5.95 Å². The van der Waals surface area contributed by atoms with Crippen LogP contribution in [0, 0.1) is 5.92 Å². The lowest BCUT2D eigenvalue weighted by Gasteiger charge is -2.31. The second kappa shape index (κ2) is 7.59. The van der Waals surface area contributed by atoms with E-state index in [0.717, 1.165) is 44.2 Å². The molecule has 2 heterocycles. The minimum atomic E-state index is 0.263. The molecular formula is C14H27N5O. The van der Waals surface area contributed by atoms with E-state index in [1.807, 2.05) is 7.05 Å². The van der Waals surface area contributed by atoms with Gasteiger partial charge in [-0.15, -0.1) is 5.10 Å². The van der Waals surface area contributed by atoms with Crippen molar-refractivity contribution >= 4 is 5.95 Å². The van der Waals surface area contributed by atoms with E-state index < -0.39 is 0 Å². The summed E-state index contributed by atoms with van der Waals surface area (Å²) in [5.74, 6) is 2.51. The number of ether oxygens (including phenoxy) is 1. The summed E-state index contributed by atoms with van der Waals surface area (Å²) in [6, 6.07) is 0. The van der Waals surface area contributed by atoms with Gasteiger partial charge in [0.05, 0.1) is 6.10 Å². The third kappa shape index (κ3) is 4.18. The molecule has 1 aliphatic heterocycles. The number of aryl methyl sites for hydroxylation is 1. The zero-order valence-corrected chi connectivity index (χ0v) is 12.9. The summed E-state index contributed by atoms with van der Waals surface area (Å²) in [6.45, 7) is 5.25. The lowest BCUT2D eigenvalue weighted by Crippen LogP contribution is -2.39. The maximum absolute atomic E-state index is 5.26. The predicted octanol–water partition coefficient (Wildman–Crippen LogP) is 1.21. The highest BCUT2D eigenvalue weighted by Crippen LogP contribution is 2.20. The molecule has 6 heteroatoms. The molecule has 0 spiro atoms. The van der Waals surface area contributed by atoms with Crippen LogP contribution in [0.3, 0.4) is 0 Å². The molecule has 2 N–H and O–H groups in total. The summed E-state index contributed by atoms with van der Waals surface area (Å²) in [4.78, 5) is 6.91. The van der Waals surface area contributed by atoms with Gasteiger partial charge in [0.15, 0.2) is 0 Å². The minimum absolute atomic E-state index is 0.263. The molecule has 1 aromatic rings. The Balaban J connectivity index is 1.87. The van der Waals surface area contributed by atoms with E-state index in [1.54, 1.807) is 7.11 Å². The number of aromatic nitrogens is 3. The second-order valence-electron chi connectivity index (χ2n) is 5.68. The molecule has 114 valence electrons. The van der Waals surface area contributed by atoms with Crippen molar-refractivity contribution in [1.29, 1.82) is 0 Å². The summed E-state index contributed by atoms with van der Waals surface area (Å²) < 4.78 is 5.26. The van der Waals surface area contributed by atoms with Gasteiger partial charge in [0.25, 0.3) is 0 Å². The lowest BCUT2D eigenvalue weighted by atomic mass is 9.98. The van der Waals surface area contributed by atoms with E-state index in [2.05, 4.69) is 32.3 Å². The van der Waals surface area contributed by atoms with Gasteiger partial charge in [-0.1, -0.05) is 0 Å². The summed E-state index contributed by atoms with van der Waals surface area (Å²) in [7, 11) is 3.76. The average Bonchev–Trinajstić information content (AvgIpc) is 2.94. The first-order valence-electron chi connectivity index (χ1n) is 7.56. The third-order valence-electron chi connectivity index (χ3n) is 4.00. The van der Waals surface area contributed by atoms with Crippen LogP contribution in [0.5, 0.6) is 0 Å². The number of anilines is 1. The third-order valence-corrected chi connectivity index (χ3v) is 4.00. The van der Waals surface area contributed by atoms with Crippen LogP contribution in [0.2, 0.25) is 0 Å². The molecule has 2 rings (SSSR count). The number of H-pyrrole nitrogens is 1. The first kappa shape index (κ1) is 15.3. The van der Waals surface area contributed by atoms with Gasteiger partial charge in [-0.05, 0) is 45.7 Å². The Bertz CT molecular complexity index is 393. The number of hydrogen-bond acceptors (Lipinski definition) is 5. The average molecular weight is 281 g/mol. The first-order valence-corrected chi connectivity index (χ1v) is 7.56. The molecule has 2 unspecified atom stereocenters. The zero-order valence-electron chi connectivity index (χ0n) is 12.9. The molecule has 1 fully saturated rings. The van der Waals surface area contributed by atoms with E-state index in [0.29, 0.717) is 5.92 Å². The fourth-order valence-corrected chi connectivity index (χ4v) is 2.70. The molecule has 0 amide bonds. The van der Waals surface area contributed by atoms with Gasteiger partial charge in [-0.25, -0.2) is 0 Å². The fraction of sp³-hybridized carbons (Fsp3) is 0.857. The van der Waals surface area contributed by atoms with E-state index in [-0.39, 0.29) is 6.10 Å². The smallest absolute Gasteiger partial charge is 0.244 e. The fourth-order valence-electron chi connectivity index (χ4n) is 2.70. The number of methoxy groups -OCH3 is 1. The van der Waals surface area contributed by atoms with E-state index >= 15 is 0 Å². The highest BCUT2D eigenvalue weighted by molar-refractivity contribution is 5.29. The highest BCUT2D eigenvalue weighted by Gasteiger charge is 2.22. The maximum Gasteiger partial charge on any atom is 0.244 e. The highest BCUT2D eigenvalue weighted by atomic mass is 16.5. The summed E-state index contributed by atoms with van der Waals surface area (Å²) in [6.07, 6.45) is 4.62. The number of rotatable bonds is 7. The first-order chi connectivity index (χ1) is 9.72. The van der Waals surface area contributed by atoms with Crippen LogP contribution in [-0.4, -0.2) is 55.1 Å². The van der Waals surface area contributed by atoms with Crippen molar-refractivity contribution in [2.75, 3.05) is 38.7 Å². The van der Waals surface area contributed by atoms with Crippen LogP contribution in [0.1, 0.15) is 32.0 Å². The molecule has 0 radical (unpaired) electrons. The van der Waals surface area contributed by atoms with Crippen molar-refractivity contribution < 1.29 is 4.74 Å².